The van der Waals surface area contributed by atoms with Gasteiger partial charge in [0.2, 0.25) is 5.91 Å². The van der Waals surface area contributed by atoms with Crippen LogP contribution in [0.2, 0.25) is 0 Å². The fraction of sp³-hybridized carbons (Fsp3) is 0.467. The molecule has 0 spiro atoms. The third-order valence-corrected chi connectivity index (χ3v) is 2.80. The molecular formula is C15H22N2O5. The quantitative estimate of drug-likeness (QED) is 0.538. The summed E-state index contributed by atoms with van der Waals surface area (Å²) in [6.45, 7) is 4.07. The van der Waals surface area contributed by atoms with E-state index in [9.17, 15) is 9.59 Å². The van der Waals surface area contributed by atoms with Crippen LogP contribution in [0.15, 0.2) is 24.3 Å². The van der Waals surface area contributed by atoms with E-state index < -0.39 is 24.0 Å². The van der Waals surface area contributed by atoms with E-state index in [1.54, 1.807) is 24.3 Å². The van der Waals surface area contributed by atoms with Crippen LogP contribution in [0.1, 0.15) is 20.3 Å². The molecule has 0 saturated heterocycles. The standard InChI is InChI=1S/C15H22N2O5/c1-3-22-12-6-4-11(5-7-12)17-14(19)8-13(15(20)21)16-9-10(2)18/h4-7,10,13,16,18H,3,8-9H2,1-2H3,(H,17,19)(H,20,21)/t10?,13-/m0/s1. The first kappa shape index (κ1) is 17.9. The molecule has 122 valence electrons. The highest BCUT2D eigenvalue weighted by Crippen LogP contribution is 2.15. The van der Waals surface area contributed by atoms with Crippen LogP contribution in [0, 0.1) is 0 Å². The first-order valence-electron chi connectivity index (χ1n) is 7.09. The maximum atomic E-state index is 11.9. The number of aliphatic carboxylic acids is 1. The van der Waals surface area contributed by atoms with Gasteiger partial charge in [0.05, 0.1) is 19.1 Å². The highest BCUT2D eigenvalue weighted by atomic mass is 16.5. The number of rotatable bonds is 9. The second-order valence-corrected chi connectivity index (χ2v) is 4.86. The third-order valence-electron chi connectivity index (χ3n) is 2.80. The molecule has 22 heavy (non-hydrogen) atoms. The Balaban J connectivity index is 2.53. The molecule has 0 heterocycles. The van der Waals surface area contributed by atoms with Gasteiger partial charge in [-0.05, 0) is 38.1 Å². The van der Waals surface area contributed by atoms with Gasteiger partial charge < -0.3 is 25.6 Å². The predicted molar refractivity (Wildman–Crippen MR) is 82.0 cm³/mol. The van der Waals surface area contributed by atoms with Crippen LogP contribution in [0.3, 0.4) is 0 Å². The summed E-state index contributed by atoms with van der Waals surface area (Å²) in [6, 6.07) is 5.76. The van der Waals surface area contributed by atoms with Crippen molar-refractivity contribution in [1.82, 2.24) is 5.32 Å². The summed E-state index contributed by atoms with van der Waals surface area (Å²) in [7, 11) is 0. The zero-order chi connectivity index (χ0) is 16.5. The molecule has 1 aromatic rings. The normalized spacial score (nSPS) is 13.2. The number of nitrogens with one attached hydrogen (secondary N) is 2. The minimum absolute atomic E-state index is 0.104. The van der Waals surface area contributed by atoms with Crippen LogP contribution in [-0.4, -0.2) is 47.4 Å². The highest BCUT2D eigenvalue weighted by molar-refractivity contribution is 5.94. The van der Waals surface area contributed by atoms with Crippen molar-refractivity contribution in [2.45, 2.75) is 32.4 Å². The van der Waals surface area contributed by atoms with E-state index in [1.165, 1.54) is 6.92 Å². The molecule has 0 bridgehead atoms. The Kier molecular flexibility index (Phi) is 7.34. The van der Waals surface area contributed by atoms with E-state index in [1.807, 2.05) is 6.92 Å². The van der Waals surface area contributed by atoms with Gasteiger partial charge in [-0.1, -0.05) is 0 Å². The number of amides is 1. The van der Waals surface area contributed by atoms with Crippen LogP contribution >= 0.6 is 0 Å². The largest absolute Gasteiger partial charge is 0.494 e. The molecule has 0 radical (unpaired) electrons. The number of ether oxygens (including phenoxy) is 1. The Bertz CT molecular complexity index is 487. The monoisotopic (exact) mass is 310 g/mol. The number of aliphatic hydroxyl groups is 1. The lowest BCUT2D eigenvalue weighted by atomic mass is 10.2. The van der Waals surface area contributed by atoms with Crippen LogP contribution in [0.5, 0.6) is 5.75 Å². The molecule has 0 saturated carbocycles. The molecule has 1 rings (SSSR count). The number of carboxylic acid groups (broad SMARTS) is 1. The Hall–Kier alpha value is -2.12. The Morgan fingerprint density at radius 3 is 2.41 bits per heavy atom. The average molecular weight is 310 g/mol. The summed E-state index contributed by atoms with van der Waals surface area (Å²) in [5.41, 5.74) is 0.563. The Labute approximate surface area is 129 Å². The van der Waals surface area contributed by atoms with Gasteiger partial charge in [0.1, 0.15) is 11.8 Å². The second-order valence-electron chi connectivity index (χ2n) is 4.86. The SMILES string of the molecule is CCOc1ccc(NC(=O)C[C@H](NCC(C)O)C(=O)O)cc1. The third kappa shape index (κ3) is 6.55. The molecule has 0 aliphatic heterocycles. The van der Waals surface area contributed by atoms with Gasteiger partial charge >= 0.3 is 5.97 Å². The summed E-state index contributed by atoms with van der Waals surface area (Å²) in [4.78, 5) is 23.0. The highest BCUT2D eigenvalue weighted by Gasteiger charge is 2.21. The van der Waals surface area contributed by atoms with E-state index in [0.717, 1.165) is 0 Å². The lowest BCUT2D eigenvalue weighted by molar-refractivity contribution is -0.141. The van der Waals surface area contributed by atoms with Crippen LogP contribution in [0.25, 0.3) is 0 Å². The topological polar surface area (TPSA) is 108 Å². The van der Waals surface area contributed by atoms with Gasteiger partial charge in [-0.25, -0.2) is 0 Å². The van der Waals surface area contributed by atoms with Crippen molar-refractivity contribution in [3.05, 3.63) is 24.3 Å². The second kappa shape index (κ2) is 9.01. The predicted octanol–water partition coefficient (Wildman–Crippen LogP) is 0.837. The smallest absolute Gasteiger partial charge is 0.321 e. The van der Waals surface area contributed by atoms with Crippen molar-refractivity contribution in [3.8, 4) is 5.75 Å². The van der Waals surface area contributed by atoms with Crippen molar-refractivity contribution in [3.63, 3.8) is 0 Å². The average Bonchev–Trinajstić information content (AvgIpc) is 2.45. The van der Waals surface area contributed by atoms with Gasteiger partial charge in [0.25, 0.3) is 0 Å². The first-order valence-corrected chi connectivity index (χ1v) is 7.09. The molecule has 1 aromatic carbocycles. The zero-order valence-corrected chi connectivity index (χ0v) is 12.7. The zero-order valence-electron chi connectivity index (χ0n) is 12.7. The molecular weight excluding hydrogens is 288 g/mol. The maximum Gasteiger partial charge on any atom is 0.321 e. The molecule has 4 N–H and O–H groups in total. The molecule has 0 fully saturated rings. The van der Waals surface area contributed by atoms with Gasteiger partial charge in [-0.3, -0.25) is 9.59 Å². The summed E-state index contributed by atoms with van der Waals surface area (Å²) in [5, 5.41) is 23.5. The number of carboxylic acids is 1. The van der Waals surface area contributed by atoms with E-state index in [-0.39, 0.29) is 13.0 Å². The lowest BCUT2D eigenvalue weighted by Crippen LogP contribution is -2.42. The summed E-state index contributed by atoms with van der Waals surface area (Å²) in [6.07, 6.45) is -0.911. The molecule has 7 heteroatoms. The van der Waals surface area contributed by atoms with Gasteiger partial charge in [0.15, 0.2) is 0 Å². The number of anilines is 1. The molecule has 2 atom stereocenters. The fourth-order valence-corrected chi connectivity index (χ4v) is 1.76. The van der Waals surface area contributed by atoms with Crippen molar-refractivity contribution in [2.75, 3.05) is 18.5 Å². The molecule has 7 nitrogen and oxygen atoms in total. The Morgan fingerprint density at radius 1 is 1.27 bits per heavy atom. The molecule has 0 aliphatic carbocycles. The van der Waals surface area contributed by atoms with Crippen molar-refractivity contribution in [1.29, 1.82) is 0 Å². The maximum absolute atomic E-state index is 11.9. The molecule has 1 amide bonds. The minimum atomic E-state index is -1.14. The van der Waals surface area contributed by atoms with Crippen molar-refractivity contribution >= 4 is 17.6 Å². The molecule has 0 aliphatic rings. The number of aliphatic hydroxyl groups excluding tert-OH is 1. The fourth-order valence-electron chi connectivity index (χ4n) is 1.76. The number of carbonyl (C=O) groups excluding carboxylic acids is 1. The van der Waals surface area contributed by atoms with E-state index >= 15 is 0 Å². The van der Waals surface area contributed by atoms with Gasteiger partial charge in [0, 0.05) is 12.2 Å². The minimum Gasteiger partial charge on any atom is -0.494 e. The van der Waals surface area contributed by atoms with E-state index in [4.69, 9.17) is 14.9 Å². The number of benzene rings is 1. The number of hydrogen-bond donors (Lipinski definition) is 4. The summed E-state index contributed by atoms with van der Waals surface area (Å²) < 4.78 is 5.29. The van der Waals surface area contributed by atoms with E-state index in [0.29, 0.717) is 18.0 Å². The van der Waals surface area contributed by atoms with Gasteiger partial charge in [-0.2, -0.15) is 0 Å². The van der Waals surface area contributed by atoms with E-state index in [2.05, 4.69) is 10.6 Å². The van der Waals surface area contributed by atoms with Crippen LogP contribution in [-0.2, 0) is 9.59 Å². The number of carbonyl (C=O) groups is 2. The first-order chi connectivity index (χ1) is 10.4. The molecule has 1 unspecified atom stereocenters. The lowest BCUT2D eigenvalue weighted by Gasteiger charge is -2.15. The van der Waals surface area contributed by atoms with Crippen molar-refractivity contribution in [2.24, 2.45) is 0 Å². The van der Waals surface area contributed by atoms with Crippen molar-refractivity contribution < 1.29 is 24.5 Å². The molecule has 0 aromatic heterocycles. The van der Waals surface area contributed by atoms with Gasteiger partial charge in [-0.15, -0.1) is 0 Å². The summed E-state index contributed by atoms with van der Waals surface area (Å²) in [5.74, 6) is -0.861. The van der Waals surface area contributed by atoms with Crippen LogP contribution in [0.4, 0.5) is 5.69 Å². The summed E-state index contributed by atoms with van der Waals surface area (Å²) >= 11 is 0. The van der Waals surface area contributed by atoms with Crippen LogP contribution < -0.4 is 15.4 Å². The number of hydrogen-bond acceptors (Lipinski definition) is 5. The Morgan fingerprint density at radius 2 is 1.91 bits per heavy atom.